The Morgan fingerprint density at radius 1 is 1.40 bits per heavy atom. The Hall–Kier alpha value is -0.0331. The van der Waals surface area contributed by atoms with Gasteiger partial charge in [0.1, 0.15) is 0 Å². The Labute approximate surface area is 59.6 Å². The number of halogens is 3. The van der Waals surface area contributed by atoms with Crippen molar-refractivity contribution >= 4 is 9.04 Å². The number of hydrogen-bond acceptors (Lipinski definition) is 1. The van der Waals surface area contributed by atoms with Crippen LogP contribution in [0.2, 0.25) is 12.1 Å². The van der Waals surface area contributed by atoms with Crippen molar-refractivity contribution in [1.82, 2.24) is 0 Å². The molecule has 0 rings (SSSR count). The van der Waals surface area contributed by atoms with E-state index < -0.39 is 21.6 Å². The SMILES string of the molecule is CC[Si](O)CCC(F)(F)F. The van der Waals surface area contributed by atoms with Gasteiger partial charge in [-0.05, 0) is 12.1 Å². The van der Waals surface area contributed by atoms with Crippen LogP contribution in [-0.4, -0.2) is 20.0 Å². The summed E-state index contributed by atoms with van der Waals surface area (Å²) < 4.78 is 34.4. The lowest BCUT2D eigenvalue weighted by molar-refractivity contribution is -0.130. The highest BCUT2D eigenvalue weighted by atomic mass is 28.3. The van der Waals surface area contributed by atoms with E-state index in [1.54, 1.807) is 6.92 Å². The Balaban J connectivity index is 3.36. The molecule has 0 amide bonds. The minimum absolute atomic E-state index is 0.0787. The van der Waals surface area contributed by atoms with E-state index in [0.29, 0.717) is 6.04 Å². The standard InChI is InChI=1S/C5H10F3OSi/c1-2-10(9)4-3-5(6,7)8/h9H,2-4H2,1H3. The van der Waals surface area contributed by atoms with Crippen LogP contribution >= 0.6 is 0 Å². The van der Waals surface area contributed by atoms with Gasteiger partial charge in [0, 0.05) is 6.42 Å². The van der Waals surface area contributed by atoms with Gasteiger partial charge in [0.05, 0.1) is 0 Å². The van der Waals surface area contributed by atoms with Crippen molar-refractivity contribution in [3.63, 3.8) is 0 Å². The highest BCUT2D eigenvalue weighted by Crippen LogP contribution is 2.22. The minimum atomic E-state index is -4.10. The predicted molar refractivity (Wildman–Crippen MR) is 33.9 cm³/mol. The summed E-state index contributed by atoms with van der Waals surface area (Å²) in [6.45, 7) is 1.70. The predicted octanol–water partition coefficient (Wildman–Crippen LogP) is 1.94. The van der Waals surface area contributed by atoms with Crippen molar-refractivity contribution in [2.24, 2.45) is 0 Å². The molecule has 0 aromatic carbocycles. The third-order valence-electron chi connectivity index (χ3n) is 1.11. The Kier molecular flexibility index (Phi) is 3.96. The lowest BCUT2D eigenvalue weighted by Gasteiger charge is -2.06. The van der Waals surface area contributed by atoms with Gasteiger partial charge < -0.3 is 4.80 Å². The maximum atomic E-state index is 11.5. The van der Waals surface area contributed by atoms with E-state index in [0.717, 1.165) is 0 Å². The zero-order valence-electron chi connectivity index (χ0n) is 5.70. The lowest BCUT2D eigenvalue weighted by atomic mass is 10.5. The van der Waals surface area contributed by atoms with E-state index in [2.05, 4.69) is 0 Å². The van der Waals surface area contributed by atoms with Gasteiger partial charge >= 0.3 is 6.18 Å². The summed E-state index contributed by atoms with van der Waals surface area (Å²) in [7, 11) is -1.68. The molecule has 0 atom stereocenters. The second-order valence-corrected chi connectivity index (χ2v) is 4.37. The average molecular weight is 171 g/mol. The summed E-state index contributed by atoms with van der Waals surface area (Å²) in [5, 5.41) is 0. The zero-order chi connectivity index (χ0) is 8.20. The van der Waals surface area contributed by atoms with Crippen LogP contribution in [0.4, 0.5) is 13.2 Å². The lowest BCUT2D eigenvalue weighted by Crippen LogP contribution is -2.15. The topological polar surface area (TPSA) is 20.2 Å². The number of alkyl halides is 3. The van der Waals surface area contributed by atoms with Crippen LogP contribution in [0.25, 0.3) is 0 Å². The number of rotatable bonds is 3. The van der Waals surface area contributed by atoms with E-state index in [4.69, 9.17) is 4.80 Å². The van der Waals surface area contributed by atoms with E-state index in [1.165, 1.54) is 0 Å². The summed E-state index contributed by atoms with van der Waals surface area (Å²) >= 11 is 0. The molecule has 1 radical (unpaired) electrons. The van der Waals surface area contributed by atoms with Crippen molar-refractivity contribution in [1.29, 1.82) is 0 Å². The molecule has 0 aromatic rings. The molecule has 0 aliphatic carbocycles. The Morgan fingerprint density at radius 2 is 1.90 bits per heavy atom. The molecular weight excluding hydrogens is 161 g/mol. The van der Waals surface area contributed by atoms with Crippen molar-refractivity contribution in [3.8, 4) is 0 Å². The summed E-state index contributed by atoms with van der Waals surface area (Å²) in [6, 6.07) is 0.408. The number of hydrogen-bond donors (Lipinski definition) is 1. The summed E-state index contributed by atoms with van der Waals surface area (Å²) in [5.41, 5.74) is 0. The van der Waals surface area contributed by atoms with Crippen LogP contribution in [0.3, 0.4) is 0 Å². The maximum absolute atomic E-state index is 11.5. The van der Waals surface area contributed by atoms with E-state index in [-0.39, 0.29) is 6.04 Å². The molecule has 0 heterocycles. The summed E-state index contributed by atoms with van der Waals surface area (Å²) in [6.07, 6.45) is -4.94. The summed E-state index contributed by atoms with van der Waals surface area (Å²) in [5.74, 6) is 0. The van der Waals surface area contributed by atoms with Crippen LogP contribution in [0.5, 0.6) is 0 Å². The van der Waals surface area contributed by atoms with Crippen molar-refractivity contribution in [3.05, 3.63) is 0 Å². The molecule has 0 aliphatic heterocycles. The Morgan fingerprint density at radius 3 is 2.20 bits per heavy atom. The molecule has 1 nitrogen and oxygen atoms in total. The van der Waals surface area contributed by atoms with Gasteiger partial charge in [-0.2, -0.15) is 13.2 Å². The van der Waals surface area contributed by atoms with Crippen LogP contribution in [0.1, 0.15) is 13.3 Å². The Bertz CT molecular complexity index is 93.4. The smallest absolute Gasteiger partial charge is 0.388 e. The zero-order valence-corrected chi connectivity index (χ0v) is 6.70. The van der Waals surface area contributed by atoms with Crippen LogP contribution in [0.15, 0.2) is 0 Å². The first-order valence-corrected chi connectivity index (χ1v) is 4.92. The fourth-order valence-electron chi connectivity index (χ4n) is 0.463. The molecular formula is C5H10F3OSi. The van der Waals surface area contributed by atoms with Crippen LogP contribution < -0.4 is 0 Å². The van der Waals surface area contributed by atoms with Gasteiger partial charge in [-0.25, -0.2) is 0 Å². The molecule has 61 valence electrons. The highest BCUT2D eigenvalue weighted by Gasteiger charge is 2.27. The van der Waals surface area contributed by atoms with Crippen LogP contribution in [0, 0.1) is 0 Å². The molecule has 0 unspecified atom stereocenters. The maximum Gasteiger partial charge on any atom is 0.388 e. The first-order chi connectivity index (χ1) is 4.45. The molecule has 0 fully saturated rings. The molecule has 1 N–H and O–H groups in total. The highest BCUT2D eigenvalue weighted by molar-refractivity contribution is 6.50. The van der Waals surface area contributed by atoms with Crippen molar-refractivity contribution in [2.75, 3.05) is 0 Å². The molecule has 0 spiro atoms. The van der Waals surface area contributed by atoms with E-state index in [9.17, 15) is 13.2 Å². The van der Waals surface area contributed by atoms with Gasteiger partial charge in [0.25, 0.3) is 0 Å². The first kappa shape index (κ1) is 9.97. The minimum Gasteiger partial charge on any atom is -0.431 e. The monoisotopic (exact) mass is 171 g/mol. The van der Waals surface area contributed by atoms with Crippen LogP contribution in [-0.2, 0) is 0 Å². The van der Waals surface area contributed by atoms with Gasteiger partial charge in [-0.15, -0.1) is 0 Å². The summed E-state index contributed by atoms with van der Waals surface area (Å²) in [4.78, 5) is 8.82. The molecule has 0 bridgehead atoms. The largest absolute Gasteiger partial charge is 0.431 e. The molecule has 0 saturated heterocycles. The van der Waals surface area contributed by atoms with Crippen molar-refractivity contribution in [2.45, 2.75) is 31.6 Å². The second kappa shape index (κ2) is 3.97. The van der Waals surface area contributed by atoms with Gasteiger partial charge in [0.2, 0.25) is 9.04 Å². The van der Waals surface area contributed by atoms with E-state index in [1.807, 2.05) is 0 Å². The molecule has 0 aliphatic rings. The molecule has 0 aromatic heterocycles. The molecule has 10 heavy (non-hydrogen) atoms. The van der Waals surface area contributed by atoms with Gasteiger partial charge in [0.15, 0.2) is 0 Å². The first-order valence-electron chi connectivity index (χ1n) is 3.06. The fraction of sp³-hybridized carbons (Fsp3) is 1.00. The third kappa shape index (κ3) is 6.09. The normalized spacial score (nSPS) is 12.6. The molecule has 0 saturated carbocycles. The quantitative estimate of drug-likeness (QED) is 0.643. The van der Waals surface area contributed by atoms with E-state index >= 15 is 0 Å². The fourth-order valence-corrected chi connectivity index (χ4v) is 1.39. The third-order valence-corrected chi connectivity index (χ3v) is 2.75. The van der Waals surface area contributed by atoms with Gasteiger partial charge in [-0.1, -0.05) is 6.92 Å². The average Bonchev–Trinajstić information content (AvgIpc) is 1.81. The van der Waals surface area contributed by atoms with Gasteiger partial charge in [-0.3, -0.25) is 0 Å². The van der Waals surface area contributed by atoms with Crippen molar-refractivity contribution < 1.29 is 18.0 Å². The molecule has 5 heteroatoms. The second-order valence-electron chi connectivity index (χ2n) is 2.03.